The summed E-state index contributed by atoms with van der Waals surface area (Å²) in [5.41, 5.74) is 1.91. The zero-order chi connectivity index (χ0) is 17.7. The molecule has 1 saturated heterocycles. The van der Waals surface area contributed by atoms with E-state index >= 15 is 0 Å². The van der Waals surface area contributed by atoms with Gasteiger partial charge in [-0.2, -0.15) is 0 Å². The maximum Gasteiger partial charge on any atom is 0.244 e. The van der Waals surface area contributed by atoms with Crippen LogP contribution in [0, 0.1) is 0 Å². The summed E-state index contributed by atoms with van der Waals surface area (Å²) in [7, 11) is 0. The van der Waals surface area contributed by atoms with E-state index in [0.717, 1.165) is 24.2 Å². The maximum atomic E-state index is 12.2. The molecule has 1 heterocycles. The number of benzene rings is 1. The minimum Gasteiger partial charge on any atom is -0.325 e. The van der Waals surface area contributed by atoms with Gasteiger partial charge in [0.05, 0.1) is 10.5 Å². The van der Waals surface area contributed by atoms with Crippen molar-refractivity contribution < 1.29 is 14.4 Å². The molecule has 6 heteroatoms. The van der Waals surface area contributed by atoms with Crippen molar-refractivity contribution in [2.24, 2.45) is 0 Å². The molecule has 1 N–H and O–H groups in total. The van der Waals surface area contributed by atoms with Gasteiger partial charge in [-0.15, -0.1) is 11.8 Å². The van der Waals surface area contributed by atoms with Crippen LogP contribution >= 0.6 is 11.8 Å². The molecular weight excluding hydrogens is 324 g/mol. The topological polar surface area (TPSA) is 66.5 Å². The lowest BCUT2D eigenvalue weighted by Crippen LogP contribution is -2.52. The van der Waals surface area contributed by atoms with Crippen LogP contribution in [0.5, 0.6) is 0 Å². The molecule has 1 aliphatic heterocycles. The van der Waals surface area contributed by atoms with Gasteiger partial charge in [0.2, 0.25) is 17.7 Å². The molecule has 130 valence electrons. The second kappa shape index (κ2) is 8.33. The van der Waals surface area contributed by atoms with Crippen LogP contribution in [-0.4, -0.2) is 39.7 Å². The van der Waals surface area contributed by atoms with Gasteiger partial charge >= 0.3 is 0 Å². The second-order valence-corrected chi connectivity index (χ2v) is 7.72. The predicted octanol–water partition coefficient (Wildman–Crippen LogP) is 2.85. The van der Waals surface area contributed by atoms with Crippen molar-refractivity contribution in [2.45, 2.75) is 50.5 Å². The predicted molar refractivity (Wildman–Crippen MR) is 96.9 cm³/mol. The van der Waals surface area contributed by atoms with Gasteiger partial charge in [0.15, 0.2) is 0 Å². The Hall–Kier alpha value is -1.82. The number of unbranched alkanes of at least 4 members (excludes halogenated alkanes) is 1. The van der Waals surface area contributed by atoms with E-state index in [0.29, 0.717) is 5.69 Å². The first kappa shape index (κ1) is 18.5. The molecule has 24 heavy (non-hydrogen) atoms. The van der Waals surface area contributed by atoms with Gasteiger partial charge in [-0.3, -0.25) is 19.3 Å². The fourth-order valence-electron chi connectivity index (χ4n) is 2.61. The molecule has 1 aromatic carbocycles. The third-order valence-corrected chi connectivity index (χ3v) is 5.21. The van der Waals surface area contributed by atoms with Gasteiger partial charge in [-0.1, -0.05) is 25.5 Å². The lowest BCUT2D eigenvalue weighted by molar-refractivity contribution is -0.147. The number of hydrogen-bond donors (Lipinski definition) is 1. The smallest absolute Gasteiger partial charge is 0.244 e. The van der Waals surface area contributed by atoms with Crippen LogP contribution in [0.25, 0.3) is 0 Å². The van der Waals surface area contributed by atoms with Crippen molar-refractivity contribution in [2.75, 3.05) is 11.9 Å². The summed E-state index contributed by atoms with van der Waals surface area (Å²) in [5, 5.41) is 2.15. The number of imide groups is 1. The molecule has 0 spiro atoms. The van der Waals surface area contributed by atoms with E-state index in [9.17, 15) is 14.4 Å². The fourth-order valence-corrected chi connectivity index (χ4v) is 3.71. The number of anilines is 1. The molecule has 0 radical (unpaired) electrons. The Morgan fingerprint density at radius 3 is 2.25 bits per heavy atom. The number of carbonyl (C=O) groups excluding carboxylic acids is 3. The minimum atomic E-state index is -0.357. The van der Waals surface area contributed by atoms with Crippen LogP contribution < -0.4 is 5.32 Å². The average Bonchev–Trinajstić information content (AvgIpc) is 2.56. The summed E-state index contributed by atoms with van der Waals surface area (Å²) >= 11 is 1.33. The Balaban J connectivity index is 1.94. The number of amides is 3. The molecule has 2 atom stereocenters. The summed E-state index contributed by atoms with van der Waals surface area (Å²) in [4.78, 5) is 37.5. The first-order chi connectivity index (χ1) is 11.4. The van der Waals surface area contributed by atoms with Crippen LogP contribution in [0.15, 0.2) is 24.3 Å². The largest absolute Gasteiger partial charge is 0.325 e. The van der Waals surface area contributed by atoms with Crippen LogP contribution in [-0.2, 0) is 20.8 Å². The number of thioether (sulfide) groups is 1. The van der Waals surface area contributed by atoms with E-state index < -0.39 is 0 Å². The van der Waals surface area contributed by atoms with Gasteiger partial charge in [0, 0.05) is 5.69 Å². The van der Waals surface area contributed by atoms with Crippen molar-refractivity contribution in [3.05, 3.63) is 29.8 Å². The number of carbonyl (C=O) groups is 3. The molecule has 3 amide bonds. The van der Waals surface area contributed by atoms with Crippen molar-refractivity contribution in [1.82, 2.24) is 4.90 Å². The summed E-state index contributed by atoms with van der Waals surface area (Å²) in [6, 6.07) is 7.68. The van der Waals surface area contributed by atoms with E-state index in [-0.39, 0.29) is 34.8 Å². The summed E-state index contributed by atoms with van der Waals surface area (Å²) < 4.78 is 0. The number of hydrogen-bond acceptors (Lipinski definition) is 4. The highest BCUT2D eigenvalue weighted by molar-refractivity contribution is 8.02. The molecule has 1 aliphatic rings. The van der Waals surface area contributed by atoms with Crippen LogP contribution in [0.2, 0.25) is 0 Å². The summed E-state index contributed by atoms with van der Waals surface area (Å²) in [6.07, 6.45) is 3.31. The third-order valence-electron chi connectivity index (χ3n) is 3.99. The van der Waals surface area contributed by atoms with Crippen LogP contribution in [0.1, 0.15) is 39.2 Å². The Labute approximate surface area is 147 Å². The first-order valence-corrected chi connectivity index (χ1v) is 9.26. The van der Waals surface area contributed by atoms with Crippen molar-refractivity contribution in [3.63, 3.8) is 0 Å². The molecule has 0 aliphatic carbocycles. The average molecular weight is 348 g/mol. The standard InChI is InChI=1S/C18H24N2O3S/c1-4-5-6-14-7-9-15(10-8-14)19-16(21)11-20-17(22)12(2)24-13(3)18(20)23/h7-10,12-13H,4-6,11H2,1-3H3,(H,19,21). The van der Waals surface area contributed by atoms with Crippen molar-refractivity contribution >= 4 is 35.2 Å². The maximum absolute atomic E-state index is 12.2. The lowest BCUT2D eigenvalue weighted by Gasteiger charge is -2.31. The van der Waals surface area contributed by atoms with Crippen molar-refractivity contribution in [3.8, 4) is 0 Å². The molecule has 2 unspecified atom stereocenters. The van der Waals surface area contributed by atoms with E-state index in [1.165, 1.54) is 17.3 Å². The monoisotopic (exact) mass is 348 g/mol. The first-order valence-electron chi connectivity index (χ1n) is 8.31. The second-order valence-electron chi connectivity index (χ2n) is 6.03. The van der Waals surface area contributed by atoms with Crippen LogP contribution in [0.4, 0.5) is 5.69 Å². The quantitative estimate of drug-likeness (QED) is 0.803. The van der Waals surface area contributed by atoms with E-state index in [1.54, 1.807) is 13.8 Å². The molecule has 1 fully saturated rings. The Morgan fingerprint density at radius 2 is 1.71 bits per heavy atom. The Bertz CT molecular complexity index is 595. The highest BCUT2D eigenvalue weighted by atomic mass is 32.2. The zero-order valence-corrected chi connectivity index (χ0v) is 15.2. The molecule has 2 rings (SSSR count). The molecule has 5 nitrogen and oxygen atoms in total. The minimum absolute atomic E-state index is 0.232. The molecular formula is C18H24N2O3S. The molecule has 0 aromatic heterocycles. The van der Waals surface area contributed by atoms with E-state index in [4.69, 9.17) is 0 Å². The van der Waals surface area contributed by atoms with E-state index in [1.807, 2.05) is 24.3 Å². The van der Waals surface area contributed by atoms with Gasteiger partial charge in [0.25, 0.3) is 0 Å². The highest BCUT2D eigenvalue weighted by Gasteiger charge is 2.37. The van der Waals surface area contributed by atoms with E-state index in [2.05, 4.69) is 12.2 Å². The normalized spacial score (nSPS) is 21.0. The van der Waals surface area contributed by atoms with Gasteiger partial charge < -0.3 is 5.32 Å². The fraction of sp³-hybridized carbons (Fsp3) is 0.500. The zero-order valence-electron chi connectivity index (χ0n) is 14.4. The third kappa shape index (κ3) is 4.60. The SMILES string of the molecule is CCCCc1ccc(NC(=O)CN2C(=O)C(C)SC(C)C2=O)cc1. The Morgan fingerprint density at radius 1 is 1.12 bits per heavy atom. The Kier molecular flexibility index (Phi) is 6.43. The van der Waals surface area contributed by atoms with Crippen molar-refractivity contribution in [1.29, 1.82) is 0 Å². The number of rotatable bonds is 6. The molecule has 0 bridgehead atoms. The number of nitrogens with one attached hydrogen (secondary N) is 1. The summed E-state index contributed by atoms with van der Waals surface area (Å²) in [6.45, 7) is 5.44. The molecule has 0 saturated carbocycles. The molecule has 1 aromatic rings. The van der Waals surface area contributed by atoms with Gasteiger partial charge in [-0.05, 0) is 44.4 Å². The van der Waals surface area contributed by atoms with Gasteiger partial charge in [-0.25, -0.2) is 0 Å². The van der Waals surface area contributed by atoms with Crippen LogP contribution in [0.3, 0.4) is 0 Å². The number of aryl methyl sites for hydroxylation is 1. The number of nitrogens with zero attached hydrogens (tertiary/aromatic N) is 1. The summed E-state index contributed by atoms with van der Waals surface area (Å²) in [5.74, 6) is -0.953. The highest BCUT2D eigenvalue weighted by Crippen LogP contribution is 2.26. The lowest BCUT2D eigenvalue weighted by atomic mass is 10.1. The van der Waals surface area contributed by atoms with Gasteiger partial charge in [0.1, 0.15) is 6.54 Å².